The Morgan fingerprint density at radius 3 is 2.59 bits per heavy atom. The topological polar surface area (TPSA) is 92.8 Å². The highest BCUT2D eigenvalue weighted by Crippen LogP contribution is 2.35. The SMILES string of the molecule is CCn1c(-c2nc3cc(C(=O)N4CCCC(N(C(=O)O)C(C)(C)C)C4)cc(OC)c3n2C)cc2ccccc21. The van der Waals surface area contributed by atoms with Crippen molar-refractivity contribution >= 4 is 33.9 Å². The second kappa shape index (κ2) is 9.94. The predicted molar refractivity (Wildman–Crippen MR) is 152 cm³/mol. The summed E-state index contributed by atoms with van der Waals surface area (Å²) >= 11 is 0. The third-order valence-electron chi connectivity index (χ3n) is 7.73. The third-order valence-corrected chi connectivity index (χ3v) is 7.73. The van der Waals surface area contributed by atoms with Gasteiger partial charge in [-0.1, -0.05) is 18.2 Å². The summed E-state index contributed by atoms with van der Waals surface area (Å²) in [6.07, 6.45) is 0.505. The molecule has 0 bridgehead atoms. The number of fused-ring (bicyclic) bond motifs is 2. The van der Waals surface area contributed by atoms with E-state index in [1.807, 2.05) is 50.6 Å². The molecule has 0 spiro atoms. The molecule has 9 heteroatoms. The highest BCUT2D eigenvalue weighted by Gasteiger charge is 2.37. The van der Waals surface area contributed by atoms with Crippen LogP contribution in [0.15, 0.2) is 42.5 Å². The van der Waals surface area contributed by atoms with Crippen LogP contribution in [-0.2, 0) is 13.6 Å². The molecular formula is C30H37N5O4. The van der Waals surface area contributed by atoms with Crippen LogP contribution in [0.25, 0.3) is 33.5 Å². The van der Waals surface area contributed by atoms with Gasteiger partial charge < -0.3 is 23.9 Å². The molecule has 1 atom stereocenters. The number of benzene rings is 2. The Hall–Kier alpha value is -4.01. The van der Waals surface area contributed by atoms with Gasteiger partial charge in [0.05, 0.1) is 24.4 Å². The number of carbonyl (C=O) groups excluding carboxylic acids is 1. The molecule has 2 amide bonds. The molecule has 0 aliphatic carbocycles. The second-order valence-electron chi connectivity index (χ2n) is 11.2. The summed E-state index contributed by atoms with van der Waals surface area (Å²) in [7, 11) is 3.57. The lowest BCUT2D eigenvalue weighted by Crippen LogP contribution is -2.57. The molecule has 9 nitrogen and oxygen atoms in total. The number of likely N-dealkylation sites (tertiary alicyclic amines) is 1. The highest BCUT2D eigenvalue weighted by molar-refractivity contribution is 6.00. The number of aryl methyl sites for hydroxylation is 2. The van der Waals surface area contributed by atoms with Crippen LogP contribution in [0.3, 0.4) is 0 Å². The van der Waals surface area contributed by atoms with Gasteiger partial charge in [-0.05, 0) is 64.8 Å². The largest absolute Gasteiger partial charge is 0.494 e. The van der Waals surface area contributed by atoms with Crippen molar-refractivity contribution in [1.29, 1.82) is 0 Å². The summed E-state index contributed by atoms with van der Waals surface area (Å²) < 4.78 is 10.0. The molecule has 2 aromatic carbocycles. The number of rotatable bonds is 5. The number of carboxylic acid groups (broad SMARTS) is 1. The van der Waals surface area contributed by atoms with Crippen LogP contribution in [0.1, 0.15) is 50.9 Å². The molecule has 0 saturated carbocycles. The normalized spacial score (nSPS) is 16.2. The zero-order valence-corrected chi connectivity index (χ0v) is 23.6. The molecule has 1 saturated heterocycles. The van der Waals surface area contributed by atoms with E-state index >= 15 is 0 Å². The number of amides is 2. The summed E-state index contributed by atoms with van der Waals surface area (Å²) in [5, 5.41) is 11.0. The van der Waals surface area contributed by atoms with Gasteiger partial charge in [-0.2, -0.15) is 0 Å². The van der Waals surface area contributed by atoms with Crippen LogP contribution in [0, 0.1) is 0 Å². The number of imidazole rings is 1. The molecule has 3 heterocycles. The molecule has 1 N–H and O–H groups in total. The van der Waals surface area contributed by atoms with E-state index in [1.54, 1.807) is 18.1 Å². The van der Waals surface area contributed by atoms with E-state index in [4.69, 9.17) is 9.72 Å². The van der Waals surface area contributed by atoms with Crippen molar-refractivity contribution in [3.63, 3.8) is 0 Å². The Kier molecular flexibility index (Phi) is 6.78. The van der Waals surface area contributed by atoms with Gasteiger partial charge in [0, 0.05) is 48.7 Å². The smallest absolute Gasteiger partial charge is 0.408 e. The number of nitrogens with zero attached hydrogens (tertiary/aromatic N) is 5. The Bertz CT molecular complexity index is 1560. The maximum absolute atomic E-state index is 13.7. The zero-order chi connectivity index (χ0) is 28.1. The van der Waals surface area contributed by atoms with Crippen LogP contribution in [0.2, 0.25) is 0 Å². The van der Waals surface area contributed by atoms with Gasteiger partial charge in [0.25, 0.3) is 5.91 Å². The Morgan fingerprint density at radius 2 is 1.92 bits per heavy atom. The molecule has 39 heavy (non-hydrogen) atoms. The fourth-order valence-corrected chi connectivity index (χ4v) is 6.08. The zero-order valence-electron chi connectivity index (χ0n) is 23.6. The lowest BCUT2D eigenvalue weighted by Gasteiger charge is -2.44. The van der Waals surface area contributed by atoms with E-state index in [2.05, 4.69) is 29.7 Å². The van der Waals surface area contributed by atoms with Crippen molar-refractivity contribution in [2.24, 2.45) is 7.05 Å². The summed E-state index contributed by atoms with van der Waals surface area (Å²) in [6, 6.07) is 13.8. The molecule has 4 aromatic rings. The third kappa shape index (κ3) is 4.60. The molecule has 1 aliphatic rings. The van der Waals surface area contributed by atoms with Crippen molar-refractivity contribution in [3.8, 4) is 17.3 Å². The minimum Gasteiger partial charge on any atom is -0.494 e. The Balaban J connectivity index is 1.53. The molecule has 206 valence electrons. The number of aromatic nitrogens is 3. The van der Waals surface area contributed by atoms with Crippen LogP contribution >= 0.6 is 0 Å². The summed E-state index contributed by atoms with van der Waals surface area (Å²) in [6.45, 7) is 9.51. The first-order valence-corrected chi connectivity index (χ1v) is 13.5. The lowest BCUT2D eigenvalue weighted by molar-refractivity contribution is 0.0315. The summed E-state index contributed by atoms with van der Waals surface area (Å²) in [5.41, 5.74) is 3.57. The maximum atomic E-state index is 13.7. The number of piperidine rings is 1. The van der Waals surface area contributed by atoms with Gasteiger partial charge >= 0.3 is 6.09 Å². The lowest BCUT2D eigenvalue weighted by atomic mass is 9.97. The van der Waals surface area contributed by atoms with E-state index < -0.39 is 11.6 Å². The number of carbonyl (C=O) groups is 2. The monoisotopic (exact) mass is 531 g/mol. The van der Waals surface area contributed by atoms with E-state index in [1.165, 1.54) is 4.90 Å². The first kappa shape index (κ1) is 26.6. The first-order chi connectivity index (χ1) is 18.5. The molecule has 1 unspecified atom stereocenters. The number of hydrogen-bond donors (Lipinski definition) is 1. The number of hydrogen-bond acceptors (Lipinski definition) is 4. The molecule has 5 rings (SSSR count). The molecule has 1 fully saturated rings. The molecule has 0 radical (unpaired) electrons. The van der Waals surface area contributed by atoms with Crippen LogP contribution < -0.4 is 4.74 Å². The molecule has 2 aromatic heterocycles. The van der Waals surface area contributed by atoms with E-state index in [-0.39, 0.29) is 11.9 Å². The minimum absolute atomic E-state index is 0.144. The standard InChI is InChI=1S/C30H37N5O4/c1-7-34-23-13-9-8-11-19(23)16-24(34)27-31-22-15-20(17-25(39-6)26(22)32(27)5)28(36)33-14-10-12-21(18-33)35(29(37)38)30(2,3)4/h8-9,11,13,15-17,21H,7,10,12,14,18H2,1-6H3,(H,37,38). The maximum Gasteiger partial charge on any atom is 0.408 e. The van der Waals surface area contributed by atoms with Gasteiger partial charge in [-0.25, -0.2) is 9.78 Å². The van der Waals surface area contributed by atoms with Crippen LogP contribution in [0.5, 0.6) is 5.75 Å². The minimum atomic E-state index is -0.963. The van der Waals surface area contributed by atoms with Gasteiger partial charge in [0.2, 0.25) is 0 Å². The number of para-hydroxylation sites is 1. The fraction of sp³-hybridized carbons (Fsp3) is 0.433. The predicted octanol–water partition coefficient (Wildman–Crippen LogP) is 5.61. The van der Waals surface area contributed by atoms with Crippen LogP contribution in [-0.4, -0.2) is 72.8 Å². The summed E-state index contributed by atoms with van der Waals surface area (Å²) in [4.78, 5) is 34.0. The number of methoxy groups -OCH3 is 1. The van der Waals surface area contributed by atoms with E-state index in [9.17, 15) is 14.7 Å². The Labute approximate surface area is 228 Å². The van der Waals surface area contributed by atoms with Crippen LogP contribution in [0.4, 0.5) is 4.79 Å². The quantitative estimate of drug-likeness (QED) is 0.362. The van der Waals surface area contributed by atoms with E-state index in [0.717, 1.165) is 47.3 Å². The van der Waals surface area contributed by atoms with E-state index in [0.29, 0.717) is 29.9 Å². The van der Waals surface area contributed by atoms with Gasteiger partial charge in [-0.3, -0.25) is 9.69 Å². The van der Waals surface area contributed by atoms with Crippen molar-refractivity contribution in [3.05, 3.63) is 48.0 Å². The highest BCUT2D eigenvalue weighted by atomic mass is 16.5. The fourth-order valence-electron chi connectivity index (χ4n) is 6.08. The van der Waals surface area contributed by atoms with Gasteiger partial charge in [0.1, 0.15) is 11.3 Å². The van der Waals surface area contributed by atoms with Gasteiger partial charge in [-0.15, -0.1) is 0 Å². The number of ether oxygens (including phenoxy) is 1. The average Bonchev–Trinajstić information content (AvgIpc) is 3.43. The van der Waals surface area contributed by atoms with Crippen molar-refractivity contribution in [2.45, 2.75) is 58.7 Å². The molecular weight excluding hydrogens is 494 g/mol. The van der Waals surface area contributed by atoms with Crippen molar-refractivity contribution < 1.29 is 19.4 Å². The van der Waals surface area contributed by atoms with Crippen molar-refractivity contribution in [2.75, 3.05) is 20.2 Å². The average molecular weight is 532 g/mol. The molecule has 1 aliphatic heterocycles. The van der Waals surface area contributed by atoms with Crippen molar-refractivity contribution in [1.82, 2.24) is 23.9 Å². The first-order valence-electron chi connectivity index (χ1n) is 13.5. The van der Waals surface area contributed by atoms with Gasteiger partial charge in [0.15, 0.2) is 5.82 Å². The second-order valence-corrected chi connectivity index (χ2v) is 11.2. The summed E-state index contributed by atoms with van der Waals surface area (Å²) in [5.74, 6) is 1.23. The Morgan fingerprint density at radius 1 is 1.18 bits per heavy atom.